The molecule has 0 N–H and O–H groups in total. The maximum absolute atomic E-state index is 15.0. The molecule has 0 saturated carbocycles. The molecule has 0 aromatic heterocycles. The molecule has 0 fully saturated rings. The molecule has 0 bridgehead atoms. The lowest BCUT2D eigenvalue weighted by atomic mass is 9.90. The summed E-state index contributed by atoms with van der Waals surface area (Å²) in [7, 11) is 0. The zero-order valence-electron chi connectivity index (χ0n) is 21.6. The summed E-state index contributed by atoms with van der Waals surface area (Å²) in [4.78, 5) is 24.3. The van der Waals surface area contributed by atoms with Crippen molar-refractivity contribution >= 4 is 29.0 Å². The van der Waals surface area contributed by atoms with E-state index in [0.29, 0.717) is 24.3 Å². The van der Waals surface area contributed by atoms with E-state index in [1.165, 1.54) is 6.92 Å². The largest absolute Gasteiger partial charge is 0.417 e. The van der Waals surface area contributed by atoms with Crippen LogP contribution in [0.3, 0.4) is 0 Å². The Morgan fingerprint density at radius 1 is 0.814 bits per heavy atom. The van der Waals surface area contributed by atoms with Crippen LogP contribution in [0, 0.1) is 5.92 Å². The van der Waals surface area contributed by atoms with Crippen molar-refractivity contribution in [2.75, 3.05) is 0 Å². The van der Waals surface area contributed by atoms with Crippen LogP contribution in [0.4, 0.5) is 57.1 Å². The summed E-state index contributed by atoms with van der Waals surface area (Å²) >= 11 is 5.41. The number of ketones is 2. The van der Waals surface area contributed by atoms with Crippen LogP contribution in [0.5, 0.6) is 0 Å². The van der Waals surface area contributed by atoms with Gasteiger partial charge >= 0.3 is 24.7 Å². The van der Waals surface area contributed by atoms with E-state index >= 15 is 0 Å². The van der Waals surface area contributed by atoms with E-state index in [1.807, 2.05) is 0 Å². The Balaban J connectivity index is 2.42. The van der Waals surface area contributed by atoms with Crippen LogP contribution in [0.15, 0.2) is 42.5 Å². The second kappa shape index (κ2) is 13.3. The van der Waals surface area contributed by atoms with E-state index < -0.39 is 112 Å². The summed E-state index contributed by atoms with van der Waals surface area (Å²) in [5.41, 5.74) is -6.66. The summed E-state index contributed by atoms with van der Waals surface area (Å²) in [6.45, 7) is 1.23. The van der Waals surface area contributed by atoms with Gasteiger partial charge in [-0.1, -0.05) is 36.7 Å². The molecule has 0 aliphatic carbocycles. The van der Waals surface area contributed by atoms with E-state index in [4.69, 9.17) is 11.6 Å². The third-order valence-corrected chi connectivity index (χ3v) is 6.35. The van der Waals surface area contributed by atoms with Gasteiger partial charge in [-0.05, 0) is 35.8 Å². The molecule has 0 spiro atoms. The number of rotatable bonds is 10. The first-order valence-corrected chi connectivity index (χ1v) is 12.4. The van der Waals surface area contributed by atoms with Crippen molar-refractivity contribution in [3.8, 4) is 0 Å². The van der Waals surface area contributed by atoms with Crippen LogP contribution in [-0.2, 0) is 17.1 Å². The van der Waals surface area contributed by atoms with Crippen LogP contribution in [-0.4, -0.2) is 23.9 Å². The highest BCUT2D eigenvalue weighted by Crippen LogP contribution is 2.43. The van der Waals surface area contributed by atoms with Gasteiger partial charge in [-0.2, -0.15) is 52.7 Å². The van der Waals surface area contributed by atoms with E-state index in [-0.39, 0.29) is 18.2 Å². The molecular weight excluding hydrogens is 639 g/mol. The average Bonchev–Trinajstić information content (AvgIpc) is 2.83. The Morgan fingerprint density at radius 2 is 1.40 bits per heavy atom. The Labute approximate surface area is 240 Å². The molecule has 0 saturated heterocycles. The Bertz CT molecular complexity index is 1350. The minimum absolute atomic E-state index is 0.0300. The molecule has 1 unspecified atom stereocenters. The van der Waals surface area contributed by atoms with Gasteiger partial charge in [0.1, 0.15) is 17.5 Å². The second-order valence-electron chi connectivity index (χ2n) is 9.62. The van der Waals surface area contributed by atoms with Crippen molar-refractivity contribution < 1.29 is 66.7 Å². The van der Waals surface area contributed by atoms with Gasteiger partial charge in [0.2, 0.25) is 0 Å². The topological polar surface area (TPSA) is 34.1 Å². The van der Waals surface area contributed by atoms with Gasteiger partial charge in [0.25, 0.3) is 0 Å². The summed E-state index contributed by atoms with van der Waals surface area (Å²) in [5, 5.41) is -0.948. The minimum Gasteiger partial charge on any atom is -0.300 e. The maximum atomic E-state index is 15.0. The molecule has 16 heteroatoms. The molecule has 0 aliphatic rings. The number of benzene rings is 2. The molecule has 0 amide bonds. The standard InChI is InChI=1S/C27H20ClF13O2/c1-13(8-16(42)6-7-24(30,31)32)9-23(43)17-4-2-15(11-19(17)26(36,37)38)22(29)12-18(25(33,34)35)14-3-5-21(28)20(10-14)27(39,40)41/h2-5,10-13,18H,6-9H2,1H3/b22-12-/t13-,18?/m1/s1. The minimum atomic E-state index is -5.40. The fourth-order valence-corrected chi connectivity index (χ4v) is 4.24. The number of halogens is 14. The van der Waals surface area contributed by atoms with Gasteiger partial charge < -0.3 is 0 Å². The molecule has 2 rings (SSSR count). The number of carbonyl (C=O) groups is 2. The quantitative estimate of drug-likeness (QED) is 0.188. The maximum Gasteiger partial charge on any atom is 0.417 e. The van der Waals surface area contributed by atoms with Gasteiger partial charge in [-0.25, -0.2) is 4.39 Å². The molecular formula is C27H20ClF13O2. The zero-order valence-corrected chi connectivity index (χ0v) is 22.4. The smallest absolute Gasteiger partial charge is 0.300 e. The van der Waals surface area contributed by atoms with E-state index in [2.05, 4.69) is 0 Å². The summed E-state index contributed by atoms with van der Waals surface area (Å²) in [6.07, 6.45) is -24.4. The van der Waals surface area contributed by atoms with Gasteiger partial charge in [0.05, 0.1) is 22.6 Å². The van der Waals surface area contributed by atoms with Crippen LogP contribution in [0.25, 0.3) is 5.83 Å². The highest BCUT2D eigenvalue weighted by atomic mass is 35.5. The monoisotopic (exact) mass is 658 g/mol. The molecule has 2 nitrogen and oxygen atoms in total. The Hall–Kier alpha value is -3.10. The highest BCUT2D eigenvalue weighted by molar-refractivity contribution is 6.31. The van der Waals surface area contributed by atoms with Gasteiger partial charge in [0, 0.05) is 30.4 Å². The fraction of sp³-hybridized carbons (Fsp3) is 0.407. The van der Waals surface area contributed by atoms with E-state index in [9.17, 15) is 66.7 Å². The molecule has 238 valence electrons. The lowest BCUT2D eigenvalue weighted by Crippen LogP contribution is -2.20. The second-order valence-corrected chi connectivity index (χ2v) is 10.0. The predicted molar refractivity (Wildman–Crippen MR) is 129 cm³/mol. The number of hydrogen-bond acceptors (Lipinski definition) is 2. The third kappa shape index (κ3) is 10.5. The molecule has 2 atom stereocenters. The van der Waals surface area contributed by atoms with Gasteiger partial charge in [-0.3, -0.25) is 9.59 Å². The van der Waals surface area contributed by atoms with Crippen molar-refractivity contribution in [3.63, 3.8) is 0 Å². The Morgan fingerprint density at radius 3 is 1.91 bits per heavy atom. The summed E-state index contributed by atoms with van der Waals surface area (Å²) in [6, 6.07) is 2.12. The van der Waals surface area contributed by atoms with Crippen molar-refractivity contribution in [1.29, 1.82) is 0 Å². The highest BCUT2D eigenvalue weighted by Gasteiger charge is 2.42. The predicted octanol–water partition coefficient (Wildman–Crippen LogP) is 10.5. The van der Waals surface area contributed by atoms with Crippen molar-refractivity contribution in [2.24, 2.45) is 5.92 Å². The van der Waals surface area contributed by atoms with E-state index in [0.717, 1.165) is 0 Å². The molecule has 0 aliphatic heterocycles. The van der Waals surface area contributed by atoms with Gasteiger partial charge in [0.15, 0.2) is 5.78 Å². The lowest BCUT2D eigenvalue weighted by molar-refractivity contribution is -0.143. The first-order valence-electron chi connectivity index (χ1n) is 12.0. The first-order chi connectivity index (χ1) is 19.4. The number of carbonyl (C=O) groups excluding carboxylic acids is 2. The lowest BCUT2D eigenvalue weighted by Gasteiger charge is -2.20. The van der Waals surface area contributed by atoms with Crippen molar-refractivity contribution in [2.45, 2.75) is 63.2 Å². The number of alkyl halides is 12. The summed E-state index contributed by atoms with van der Waals surface area (Å²) in [5.74, 6) is -8.05. The summed E-state index contributed by atoms with van der Waals surface area (Å²) < 4.78 is 174. The van der Waals surface area contributed by atoms with Crippen LogP contribution >= 0.6 is 11.6 Å². The number of allylic oxidation sites excluding steroid dienone is 1. The molecule has 2 aromatic carbocycles. The van der Waals surface area contributed by atoms with Crippen LogP contribution < -0.4 is 0 Å². The van der Waals surface area contributed by atoms with Gasteiger partial charge in [-0.15, -0.1) is 0 Å². The first kappa shape index (κ1) is 36.1. The van der Waals surface area contributed by atoms with Crippen molar-refractivity contribution in [3.05, 3.63) is 75.3 Å². The average molecular weight is 659 g/mol. The molecule has 2 aromatic rings. The number of Topliss-reactive ketones (excluding diaryl/α,β-unsaturated/α-hetero) is 2. The molecule has 0 heterocycles. The van der Waals surface area contributed by atoms with Crippen molar-refractivity contribution in [1.82, 2.24) is 0 Å². The SMILES string of the molecule is C[C@H](CC(=O)CCC(F)(F)F)CC(=O)c1ccc(/C(F)=C/C(c2ccc(Cl)c(C(F)(F)F)c2)C(F)(F)F)cc1C(F)(F)F. The van der Waals surface area contributed by atoms with Crippen LogP contribution in [0.2, 0.25) is 5.02 Å². The zero-order chi connectivity index (χ0) is 33.1. The number of hydrogen-bond donors (Lipinski definition) is 0. The van der Waals surface area contributed by atoms with E-state index in [1.54, 1.807) is 0 Å². The van der Waals surface area contributed by atoms with Crippen LogP contribution in [0.1, 0.15) is 71.1 Å². The third-order valence-electron chi connectivity index (χ3n) is 6.02. The normalized spacial score (nSPS) is 14.9. The Kier molecular flexibility index (Phi) is 11.1. The molecule has 0 radical (unpaired) electrons. The fourth-order valence-electron chi connectivity index (χ4n) is 4.02. The molecule has 43 heavy (non-hydrogen) atoms.